The third-order valence-electron chi connectivity index (χ3n) is 3.78. The number of halogens is 2. The molecule has 2 rings (SSSR count). The van der Waals surface area contributed by atoms with E-state index in [1.807, 2.05) is 0 Å². The van der Waals surface area contributed by atoms with Crippen LogP contribution in [0.15, 0.2) is 18.2 Å². The second kappa shape index (κ2) is 7.56. The second-order valence-electron chi connectivity index (χ2n) is 5.43. The summed E-state index contributed by atoms with van der Waals surface area (Å²) in [7, 11) is 2.13. The van der Waals surface area contributed by atoms with E-state index in [0.717, 1.165) is 51.1 Å². The molecule has 1 aliphatic heterocycles. The number of piperazine rings is 1. The fourth-order valence-corrected chi connectivity index (χ4v) is 2.49. The molecule has 0 aliphatic carbocycles. The molecule has 0 bridgehead atoms. The number of alkyl halides is 2. The smallest absolute Gasteiger partial charge is 0.387 e. The van der Waals surface area contributed by atoms with Gasteiger partial charge in [-0.1, -0.05) is 6.07 Å². The third kappa shape index (κ3) is 5.13. The Balaban J connectivity index is 1.77. The maximum atomic E-state index is 12.1. The highest BCUT2D eigenvalue weighted by Gasteiger charge is 2.13. The Bertz CT molecular complexity index is 449. The van der Waals surface area contributed by atoms with Crippen LogP contribution < -0.4 is 4.74 Å². The molecule has 1 heterocycles. The minimum absolute atomic E-state index is 0.173. The van der Waals surface area contributed by atoms with Gasteiger partial charge in [-0.15, -0.1) is 0 Å². The SMILES string of the molecule is CN1CCN(CCCc2ccc(OC(F)F)c(O)c2)CC1. The zero-order valence-corrected chi connectivity index (χ0v) is 12.3. The van der Waals surface area contributed by atoms with E-state index in [2.05, 4.69) is 21.6 Å². The molecule has 0 saturated carbocycles. The molecule has 4 nitrogen and oxygen atoms in total. The lowest BCUT2D eigenvalue weighted by molar-refractivity contribution is -0.0512. The van der Waals surface area contributed by atoms with Crippen molar-refractivity contribution in [2.75, 3.05) is 39.8 Å². The van der Waals surface area contributed by atoms with Crippen molar-refractivity contribution in [3.8, 4) is 11.5 Å². The van der Waals surface area contributed by atoms with Gasteiger partial charge in [0.05, 0.1) is 0 Å². The molecule has 1 saturated heterocycles. The normalized spacial score (nSPS) is 17.3. The van der Waals surface area contributed by atoms with Crippen LogP contribution in [0.3, 0.4) is 0 Å². The van der Waals surface area contributed by atoms with Crippen LogP contribution in [0.2, 0.25) is 0 Å². The monoisotopic (exact) mass is 300 g/mol. The number of ether oxygens (including phenoxy) is 1. The van der Waals surface area contributed by atoms with Crippen LogP contribution in [-0.2, 0) is 6.42 Å². The summed E-state index contributed by atoms with van der Waals surface area (Å²) in [5.74, 6) is -0.403. The molecule has 1 aliphatic rings. The van der Waals surface area contributed by atoms with Gasteiger partial charge in [-0.3, -0.25) is 0 Å². The lowest BCUT2D eigenvalue weighted by atomic mass is 10.1. The fourth-order valence-electron chi connectivity index (χ4n) is 2.49. The first-order valence-corrected chi connectivity index (χ1v) is 7.22. The molecule has 0 spiro atoms. The molecule has 0 aromatic heterocycles. The van der Waals surface area contributed by atoms with Gasteiger partial charge in [-0.05, 0) is 44.1 Å². The highest BCUT2D eigenvalue weighted by molar-refractivity contribution is 5.41. The maximum absolute atomic E-state index is 12.1. The lowest BCUT2D eigenvalue weighted by Gasteiger charge is -2.32. The number of phenols is 1. The Labute approximate surface area is 123 Å². The average Bonchev–Trinajstić information content (AvgIpc) is 2.43. The van der Waals surface area contributed by atoms with Gasteiger partial charge in [0, 0.05) is 26.2 Å². The highest BCUT2D eigenvalue weighted by Crippen LogP contribution is 2.28. The van der Waals surface area contributed by atoms with Gasteiger partial charge in [0.1, 0.15) is 0 Å². The first-order chi connectivity index (χ1) is 10.0. The number of nitrogens with zero attached hydrogens (tertiary/aromatic N) is 2. The Morgan fingerprint density at radius 2 is 1.95 bits per heavy atom. The predicted molar refractivity (Wildman–Crippen MR) is 77.0 cm³/mol. The number of benzene rings is 1. The zero-order valence-electron chi connectivity index (χ0n) is 12.3. The van der Waals surface area contributed by atoms with Crippen LogP contribution in [0.5, 0.6) is 11.5 Å². The van der Waals surface area contributed by atoms with E-state index >= 15 is 0 Å². The van der Waals surface area contributed by atoms with Gasteiger partial charge in [-0.25, -0.2) is 0 Å². The van der Waals surface area contributed by atoms with Crippen molar-refractivity contribution in [3.63, 3.8) is 0 Å². The largest absolute Gasteiger partial charge is 0.504 e. The number of rotatable bonds is 6. The molecule has 0 amide bonds. The van der Waals surface area contributed by atoms with E-state index in [1.54, 1.807) is 6.07 Å². The molecule has 0 radical (unpaired) electrons. The summed E-state index contributed by atoms with van der Waals surface area (Å²) in [6.45, 7) is 2.47. The fraction of sp³-hybridized carbons (Fsp3) is 0.600. The maximum Gasteiger partial charge on any atom is 0.387 e. The van der Waals surface area contributed by atoms with Crippen molar-refractivity contribution >= 4 is 0 Å². The third-order valence-corrected chi connectivity index (χ3v) is 3.78. The van der Waals surface area contributed by atoms with Crippen molar-refractivity contribution in [2.45, 2.75) is 19.5 Å². The molecule has 21 heavy (non-hydrogen) atoms. The van der Waals surface area contributed by atoms with E-state index in [0.29, 0.717) is 0 Å². The van der Waals surface area contributed by atoms with E-state index in [-0.39, 0.29) is 11.5 Å². The van der Waals surface area contributed by atoms with E-state index in [9.17, 15) is 13.9 Å². The molecule has 0 atom stereocenters. The molecular formula is C15H22F2N2O2. The van der Waals surface area contributed by atoms with Gasteiger partial charge in [-0.2, -0.15) is 8.78 Å². The van der Waals surface area contributed by atoms with Gasteiger partial charge in [0.15, 0.2) is 11.5 Å². The van der Waals surface area contributed by atoms with E-state index in [1.165, 1.54) is 12.1 Å². The number of hydrogen-bond donors (Lipinski definition) is 1. The first-order valence-electron chi connectivity index (χ1n) is 7.22. The summed E-state index contributed by atoms with van der Waals surface area (Å²) in [5, 5.41) is 9.64. The number of likely N-dealkylation sites (N-methyl/N-ethyl adjacent to an activating group) is 1. The molecule has 118 valence electrons. The van der Waals surface area contributed by atoms with Crippen molar-refractivity contribution in [2.24, 2.45) is 0 Å². The summed E-state index contributed by atoms with van der Waals surface area (Å²) < 4.78 is 28.4. The molecule has 0 unspecified atom stereocenters. The van der Waals surface area contributed by atoms with Crippen molar-refractivity contribution < 1.29 is 18.6 Å². The summed E-state index contributed by atoms with van der Waals surface area (Å²) in [6.07, 6.45) is 1.80. The van der Waals surface area contributed by atoms with Crippen molar-refractivity contribution in [3.05, 3.63) is 23.8 Å². The van der Waals surface area contributed by atoms with Gasteiger partial charge in [0.2, 0.25) is 0 Å². The topological polar surface area (TPSA) is 35.9 Å². The minimum Gasteiger partial charge on any atom is -0.504 e. The average molecular weight is 300 g/mol. The zero-order chi connectivity index (χ0) is 15.2. The van der Waals surface area contributed by atoms with E-state index < -0.39 is 6.61 Å². The Kier molecular flexibility index (Phi) is 5.76. The lowest BCUT2D eigenvalue weighted by Crippen LogP contribution is -2.44. The Morgan fingerprint density at radius 1 is 1.24 bits per heavy atom. The standard InChI is InChI=1S/C15H22F2N2O2/c1-18-7-9-19(10-8-18)6-2-3-12-4-5-14(13(20)11-12)21-15(16)17/h4-5,11,15,20H,2-3,6-10H2,1H3. The molecule has 6 heteroatoms. The Hall–Kier alpha value is -1.40. The molecule has 1 aromatic carbocycles. The quantitative estimate of drug-likeness (QED) is 0.873. The Morgan fingerprint density at radius 3 is 2.57 bits per heavy atom. The molecular weight excluding hydrogens is 278 g/mol. The second-order valence-corrected chi connectivity index (χ2v) is 5.43. The molecule has 1 fully saturated rings. The van der Waals surface area contributed by atoms with Gasteiger partial charge in [0.25, 0.3) is 0 Å². The van der Waals surface area contributed by atoms with Crippen LogP contribution in [0, 0.1) is 0 Å². The number of phenolic OH excluding ortho intramolecular Hbond substituents is 1. The number of hydrogen-bond acceptors (Lipinski definition) is 4. The summed E-state index contributed by atoms with van der Waals surface area (Å²) in [4.78, 5) is 4.74. The van der Waals surface area contributed by atoms with Crippen molar-refractivity contribution in [1.82, 2.24) is 9.80 Å². The van der Waals surface area contributed by atoms with Crippen LogP contribution in [0.4, 0.5) is 8.78 Å². The van der Waals surface area contributed by atoms with Crippen molar-refractivity contribution in [1.29, 1.82) is 0 Å². The minimum atomic E-state index is -2.92. The number of aromatic hydroxyl groups is 1. The van der Waals surface area contributed by atoms with Gasteiger partial charge >= 0.3 is 6.61 Å². The van der Waals surface area contributed by atoms with Gasteiger partial charge < -0.3 is 19.6 Å². The van der Waals surface area contributed by atoms with Crippen LogP contribution >= 0.6 is 0 Å². The molecule has 1 aromatic rings. The van der Waals surface area contributed by atoms with Crippen LogP contribution in [-0.4, -0.2) is 61.3 Å². The highest BCUT2D eigenvalue weighted by atomic mass is 19.3. The van der Waals surface area contributed by atoms with E-state index in [4.69, 9.17) is 0 Å². The van der Waals surface area contributed by atoms with Crippen LogP contribution in [0.25, 0.3) is 0 Å². The predicted octanol–water partition coefficient (Wildman–Crippen LogP) is 2.17. The first kappa shape index (κ1) is 16.0. The summed E-state index contributed by atoms with van der Waals surface area (Å²) >= 11 is 0. The number of aryl methyl sites for hydroxylation is 1. The summed E-state index contributed by atoms with van der Waals surface area (Å²) in [6, 6.07) is 4.62. The van der Waals surface area contributed by atoms with Crippen LogP contribution in [0.1, 0.15) is 12.0 Å². The summed E-state index contributed by atoms with van der Waals surface area (Å²) in [5.41, 5.74) is 0.934. The molecule has 1 N–H and O–H groups in total.